The van der Waals surface area contributed by atoms with E-state index in [1.54, 1.807) is 4.68 Å². The molecule has 0 N–H and O–H groups in total. The Hall–Kier alpha value is -2.39. The molecule has 1 aromatic heterocycles. The van der Waals surface area contributed by atoms with Gasteiger partial charge >= 0.3 is 0 Å². The molecule has 0 bridgehead atoms. The zero-order valence-electron chi connectivity index (χ0n) is 13.9. The second-order valence-electron chi connectivity index (χ2n) is 6.47. The fourth-order valence-electron chi connectivity index (χ4n) is 3.48. The van der Waals surface area contributed by atoms with Crippen molar-refractivity contribution < 1.29 is 0 Å². The molecule has 1 aliphatic rings. The lowest BCUT2D eigenvalue weighted by Gasteiger charge is -2.20. The van der Waals surface area contributed by atoms with Crippen molar-refractivity contribution in [2.75, 3.05) is 0 Å². The summed E-state index contributed by atoms with van der Waals surface area (Å²) < 4.78 is 1.61. The number of benzene rings is 2. The van der Waals surface area contributed by atoms with Crippen LogP contribution < -0.4 is 5.56 Å². The molecule has 0 saturated heterocycles. The average molecular weight is 351 g/mol. The minimum absolute atomic E-state index is 0.0457. The Kier molecular flexibility index (Phi) is 4.41. The highest BCUT2D eigenvalue weighted by Gasteiger charge is 2.21. The summed E-state index contributed by atoms with van der Waals surface area (Å²) in [6.07, 6.45) is 3.97. The number of rotatable bonds is 3. The molecular weight excluding hydrogens is 332 g/mol. The zero-order valence-corrected chi connectivity index (χ0v) is 14.7. The van der Waals surface area contributed by atoms with E-state index in [9.17, 15) is 4.79 Å². The summed E-state index contributed by atoms with van der Waals surface area (Å²) in [5.74, 6) is 0. The van der Waals surface area contributed by atoms with E-state index in [-0.39, 0.29) is 5.56 Å². The molecule has 0 atom stereocenters. The molecule has 0 aliphatic heterocycles. The predicted molar refractivity (Wildman–Crippen MR) is 101 cm³/mol. The van der Waals surface area contributed by atoms with Crippen LogP contribution in [0.3, 0.4) is 0 Å². The first kappa shape index (κ1) is 16.1. The molecule has 0 amide bonds. The van der Waals surface area contributed by atoms with Gasteiger partial charge in [-0.05, 0) is 48.9 Å². The molecule has 3 aromatic rings. The minimum atomic E-state index is 0.0457. The summed E-state index contributed by atoms with van der Waals surface area (Å²) >= 11 is 5.96. The van der Waals surface area contributed by atoms with Crippen molar-refractivity contribution >= 4 is 11.6 Å². The number of aromatic nitrogens is 2. The van der Waals surface area contributed by atoms with Crippen LogP contribution >= 0.6 is 11.6 Å². The van der Waals surface area contributed by atoms with Crippen LogP contribution in [0.25, 0.3) is 11.3 Å². The van der Waals surface area contributed by atoms with Gasteiger partial charge in [0.05, 0.1) is 12.2 Å². The van der Waals surface area contributed by atoms with Gasteiger partial charge in [0.2, 0.25) is 0 Å². The second-order valence-corrected chi connectivity index (χ2v) is 6.90. The van der Waals surface area contributed by atoms with Gasteiger partial charge in [-0.1, -0.05) is 54.1 Å². The molecule has 4 heteroatoms. The molecule has 4 rings (SSSR count). The number of nitrogens with zero attached hydrogens (tertiary/aromatic N) is 2. The van der Waals surface area contributed by atoms with Crippen molar-refractivity contribution in [2.45, 2.75) is 32.2 Å². The van der Waals surface area contributed by atoms with Gasteiger partial charge in [0.15, 0.2) is 0 Å². The van der Waals surface area contributed by atoms with Crippen molar-refractivity contribution in [1.29, 1.82) is 0 Å². The van der Waals surface area contributed by atoms with Crippen molar-refractivity contribution in [2.24, 2.45) is 0 Å². The normalized spacial score (nSPS) is 13.5. The molecule has 0 saturated carbocycles. The summed E-state index contributed by atoms with van der Waals surface area (Å²) in [5, 5.41) is 5.44. The maximum Gasteiger partial charge on any atom is 0.270 e. The van der Waals surface area contributed by atoms with Crippen LogP contribution in [0, 0.1) is 0 Å². The third-order valence-electron chi connectivity index (χ3n) is 4.76. The van der Waals surface area contributed by atoms with Crippen LogP contribution in [0.2, 0.25) is 5.02 Å². The fourth-order valence-corrected chi connectivity index (χ4v) is 3.61. The highest BCUT2D eigenvalue weighted by atomic mass is 35.5. The fraction of sp³-hybridized carbons (Fsp3) is 0.238. The maximum absolute atomic E-state index is 12.9. The van der Waals surface area contributed by atoms with E-state index in [1.807, 2.05) is 42.5 Å². The van der Waals surface area contributed by atoms with E-state index in [4.69, 9.17) is 16.7 Å². The standard InChI is InChI=1S/C21H19ClN2O/c22-17-12-10-15(11-13-17)14-24-21(25)19-9-5-4-8-18(19)20(23-24)16-6-2-1-3-7-16/h1-3,6-7,10-13H,4-5,8-9,14H2. The Balaban J connectivity index is 1.84. The molecule has 1 heterocycles. The molecule has 126 valence electrons. The van der Waals surface area contributed by atoms with Gasteiger partial charge in [-0.2, -0.15) is 5.10 Å². The Morgan fingerprint density at radius 3 is 2.32 bits per heavy atom. The molecule has 3 nitrogen and oxygen atoms in total. The van der Waals surface area contributed by atoms with Gasteiger partial charge in [0, 0.05) is 16.1 Å². The van der Waals surface area contributed by atoms with Crippen LogP contribution in [-0.4, -0.2) is 9.78 Å². The first-order valence-corrected chi connectivity index (χ1v) is 9.03. The summed E-state index contributed by atoms with van der Waals surface area (Å²) in [6, 6.07) is 17.7. The average Bonchev–Trinajstić information content (AvgIpc) is 2.66. The molecule has 0 unspecified atom stereocenters. The smallest absolute Gasteiger partial charge is 0.267 e. The number of halogens is 1. The van der Waals surface area contributed by atoms with E-state index in [1.165, 1.54) is 0 Å². The first-order valence-electron chi connectivity index (χ1n) is 8.65. The highest BCUT2D eigenvalue weighted by molar-refractivity contribution is 6.30. The summed E-state index contributed by atoms with van der Waals surface area (Å²) in [5.41, 5.74) is 5.16. The van der Waals surface area contributed by atoms with Gasteiger partial charge in [-0.15, -0.1) is 0 Å². The van der Waals surface area contributed by atoms with Crippen molar-refractivity contribution in [3.8, 4) is 11.3 Å². The second kappa shape index (κ2) is 6.85. The zero-order chi connectivity index (χ0) is 17.2. The van der Waals surface area contributed by atoms with Crippen LogP contribution in [0.4, 0.5) is 0 Å². The molecule has 0 fully saturated rings. The number of fused-ring (bicyclic) bond motifs is 1. The first-order chi connectivity index (χ1) is 12.2. The van der Waals surface area contributed by atoms with Gasteiger partial charge in [0.25, 0.3) is 5.56 Å². The summed E-state index contributed by atoms with van der Waals surface area (Å²) in [7, 11) is 0. The van der Waals surface area contributed by atoms with Crippen LogP contribution in [0.15, 0.2) is 59.4 Å². The predicted octanol–water partition coefficient (Wildman–Crippen LogP) is 4.49. The van der Waals surface area contributed by atoms with E-state index in [0.717, 1.165) is 53.6 Å². The van der Waals surface area contributed by atoms with Crippen LogP contribution in [-0.2, 0) is 19.4 Å². The highest BCUT2D eigenvalue weighted by Crippen LogP contribution is 2.28. The van der Waals surface area contributed by atoms with Gasteiger partial charge in [0.1, 0.15) is 0 Å². The Morgan fingerprint density at radius 1 is 0.920 bits per heavy atom. The maximum atomic E-state index is 12.9. The lowest BCUT2D eigenvalue weighted by atomic mass is 9.90. The van der Waals surface area contributed by atoms with Crippen LogP contribution in [0.5, 0.6) is 0 Å². The van der Waals surface area contributed by atoms with Crippen LogP contribution in [0.1, 0.15) is 29.5 Å². The quantitative estimate of drug-likeness (QED) is 0.697. The van der Waals surface area contributed by atoms with Crippen molar-refractivity contribution in [3.63, 3.8) is 0 Å². The molecular formula is C21H19ClN2O. The molecule has 25 heavy (non-hydrogen) atoms. The third-order valence-corrected chi connectivity index (χ3v) is 5.01. The Morgan fingerprint density at radius 2 is 1.60 bits per heavy atom. The SMILES string of the molecule is O=c1c2c(c(-c3ccccc3)nn1Cc1ccc(Cl)cc1)CCCC2. The summed E-state index contributed by atoms with van der Waals surface area (Å²) in [4.78, 5) is 12.9. The third kappa shape index (κ3) is 3.24. The van der Waals surface area contributed by atoms with Gasteiger partial charge < -0.3 is 0 Å². The summed E-state index contributed by atoms with van der Waals surface area (Å²) in [6.45, 7) is 0.461. The topological polar surface area (TPSA) is 34.9 Å². The van der Waals surface area contributed by atoms with E-state index < -0.39 is 0 Å². The number of hydrogen-bond donors (Lipinski definition) is 0. The lowest BCUT2D eigenvalue weighted by molar-refractivity contribution is 0.596. The minimum Gasteiger partial charge on any atom is -0.267 e. The number of hydrogen-bond acceptors (Lipinski definition) is 2. The molecule has 0 radical (unpaired) electrons. The van der Waals surface area contributed by atoms with Gasteiger partial charge in [-0.25, -0.2) is 4.68 Å². The molecule has 0 spiro atoms. The van der Waals surface area contributed by atoms with E-state index >= 15 is 0 Å². The molecule has 2 aromatic carbocycles. The van der Waals surface area contributed by atoms with Crippen molar-refractivity contribution in [3.05, 3.63) is 86.7 Å². The largest absolute Gasteiger partial charge is 0.270 e. The molecule has 1 aliphatic carbocycles. The van der Waals surface area contributed by atoms with E-state index in [0.29, 0.717) is 11.6 Å². The Bertz CT molecular complexity index is 946. The van der Waals surface area contributed by atoms with Gasteiger partial charge in [-0.3, -0.25) is 4.79 Å². The lowest BCUT2D eigenvalue weighted by Crippen LogP contribution is -2.30. The Labute approximate surface area is 151 Å². The monoisotopic (exact) mass is 350 g/mol. The van der Waals surface area contributed by atoms with Crippen molar-refractivity contribution in [1.82, 2.24) is 9.78 Å². The van der Waals surface area contributed by atoms with E-state index in [2.05, 4.69) is 12.1 Å².